The van der Waals surface area contributed by atoms with Crippen molar-refractivity contribution in [3.05, 3.63) is 83.4 Å². The van der Waals surface area contributed by atoms with Crippen LogP contribution >= 0.6 is 0 Å². The summed E-state index contributed by atoms with van der Waals surface area (Å²) < 4.78 is 59.0. The highest BCUT2D eigenvalue weighted by Crippen LogP contribution is 2.35. The Morgan fingerprint density at radius 1 is 0.921 bits per heavy atom. The van der Waals surface area contributed by atoms with E-state index in [2.05, 4.69) is 30.9 Å². The minimum Gasteiger partial charge on any atom is -0.438 e. The molecule has 0 atom stereocenters. The Kier molecular flexibility index (Phi) is 7.42. The molecule has 2 heterocycles. The van der Waals surface area contributed by atoms with Gasteiger partial charge in [0.25, 0.3) is 0 Å². The largest absolute Gasteiger partial charge is 0.438 e. The Labute approximate surface area is 215 Å². The smallest absolute Gasteiger partial charge is 0.416 e. The predicted molar refractivity (Wildman–Crippen MR) is 135 cm³/mol. The first-order valence-corrected chi connectivity index (χ1v) is 11.3. The number of pyridine rings is 1. The molecular weight excluding hydrogens is 504 g/mol. The number of nitrogens with one attached hydrogen (secondary N) is 3. The molecule has 3 N–H and O–H groups in total. The van der Waals surface area contributed by atoms with Crippen molar-refractivity contribution in [1.29, 1.82) is 0 Å². The fourth-order valence-electron chi connectivity index (χ4n) is 3.52. The van der Waals surface area contributed by atoms with Crippen molar-refractivity contribution >= 4 is 23.4 Å². The number of halogens is 4. The highest BCUT2D eigenvalue weighted by molar-refractivity contribution is 6.00. The summed E-state index contributed by atoms with van der Waals surface area (Å²) in [4.78, 5) is 25.3. The molecule has 12 heteroatoms. The van der Waals surface area contributed by atoms with Crippen LogP contribution in [0.15, 0.2) is 60.9 Å². The van der Waals surface area contributed by atoms with Crippen LogP contribution in [0.3, 0.4) is 0 Å². The molecule has 38 heavy (non-hydrogen) atoms. The maximum Gasteiger partial charge on any atom is 0.416 e. The molecule has 2 aromatic carbocycles. The number of urea groups is 1. The number of amides is 2. The van der Waals surface area contributed by atoms with Gasteiger partial charge in [0.15, 0.2) is 0 Å². The lowest BCUT2D eigenvalue weighted by molar-refractivity contribution is -0.137. The SMILES string of the molecule is CNc1nccc(-c2cccnc2Oc2ccc(NC(=O)Nc3cc(C(F)(F)F)ccc3F)c(C)c2C)n1. The summed E-state index contributed by atoms with van der Waals surface area (Å²) in [5.74, 6) is 0.194. The summed E-state index contributed by atoms with van der Waals surface area (Å²) in [6, 6.07) is 9.32. The van der Waals surface area contributed by atoms with Crippen molar-refractivity contribution in [2.75, 3.05) is 23.0 Å². The summed E-state index contributed by atoms with van der Waals surface area (Å²) in [6.45, 7) is 3.50. The van der Waals surface area contributed by atoms with Gasteiger partial charge in [0, 0.05) is 25.1 Å². The third-order valence-electron chi connectivity index (χ3n) is 5.66. The van der Waals surface area contributed by atoms with Gasteiger partial charge in [-0.2, -0.15) is 13.2 Å². The Hall–Kier alpha value is -4.74. The molecule has 0 bridgehead atoms. The molecule has 8 nitrogen and oxygen atoms in total. The Balaban J connectivity index is 1.54. The molecule has 4 aromatic rings. The molecule has 0 spiro atoms. The topological polar surface area (TPSA) is 101 Å². The molecule has 0 aliphatic rings. The van der Waals surface area contributed by atoms with Gasteiger partial charge >= 0.3 is 12.2 Å². The molecule has 0 fully saturated rings. The van der Waals surface area contributed by atoms with Crippen LogP contribution in [-0.4, -0.2) is 28.0 Å². The second-order valence-electron chi connectivity index (χ2n) is 8.11. The zero-order valence-corrected chi connectivity index (χ0v) is 20.4. The predicted octanol–water partition coefficient (Wildman–Crippen LogP) is 6.79. The van der Waals surface area contributed by atoms with E-state index in [1.807, 2.05) is 0 Å². The number of ether oxygens (including phenoxy) is 1. The van der Waals surface area contributed by atoms with Crippen molar-refractivity contribution in [2.24, 2.45) is 0 Å². The number of hydrogen-bond acceptors (Lipinski definition) is 6. The molecule has 0 aliphatic heterocycles. The summed E-state index contributed by atoms with van der Waals surface area (Å²) >= 11 is 0. The van der Waals surface area contributed by atoms with Crippen LogP contribution in [0.4, 0.5) is 39.7 Å². The van der Waals surface area contributed by atoms with E-state index < -0.39 is 29.3 Å². The minimum absolute atomic E-state index is 0.300. The van der Waals surface area contributed by atoms with Gasteiger partial charge < -0.3 is 20.7 Å². The van der Waals surface area contributed by atoms with E-state index in [4.69, 9.17) is 4.74 Å². The van der Waals surface area contributed by atoms with Crippen molar-refractivity contribution in [3.63, 3.8) is 0 Å². The molecule has 196 valence electrons. The third-order valence-corrected chi connectivity index (χ3v) is 5.66. The minimum atomic E-state index is -4.68. The maximum absolute atomic E-state index is 14.0. The lowest BCUT2D eigenvalue weighted by atomic mass is 10.1. The molecule has 0 radical (unpaired) electrons. The molecule has 2 amide bonds. The number of carbonyl (C=O) groups is 1. The van der Waals surface area contributed by atoms with Gasteiger partial charge in [0.2, 0.25) is 11.8 Å². The number of carbonyl (C=O) groups excluding carboxylic acids is 1. The maximum atomic E-state index is 14.0. The Morgan fingerprint density at radius 3 is 2.42 bits per heavy atom. The fourth-order valence-corrected chi connectivity index (χ4v) is 3.52. The van der Waals surface area contributed by atoms with Crippen molar-refractivity contribution < 1.29 is 27.1 Å². The van der Waals surface area contributed by atoms with Gasteiger partial charge in [-0.05, 0) is 73.5 Å². The van der Waals surface area contributed by atoms with E-state index in [0.717, 1.165) is 0 Å². The van der Waals surface area contributed by atoms with Crippen molar-refractivity contribution in [1.82, 2.24) is 15.0 Å². The van der Waals surface area contributed by atoms with Crippen molar-refractivity contribution in [3.8, 4) is 22.9 Å². The third kappa shape index (κ3) is 5.80. The van der Waals surface area contributed by atoms with Gasteiger partial charge in [-0.3, -0.25) is 0 Å². The first kappa shape index (κ1) is 26.3. The van der Waals surface area contributed by atoms with Crippen LogP contribution in [0.25, 0.3) is 11.3 Å². The van der Waals surface area contributed by atoms with Crippen LogP contribution in [-0.2, 0) is 6.18 Å². The number of hydrogen-bond donors (Lipinski definition) is 3. The van der Waals surface area contributed by atoms with Crippen LogP contribution < -0.4 is 20.7 Å². The Bertz CT molecular complexity index is 1490. The monoisotopic (exact) mass is 526 g/mol. The van der Waals surface area contributed by atoms with Crippen LogP contribution in [0.2, 0.25) is 0 Å². The van der Waals surface area contributed by atoms with Crippen LogP contribution in [0, 0.1) is 19.7 Å². The lowest BCUT2D eigenvalue weighted by Gasteiger charge is -2.16. The number of anilines is 3. The first-order valence-electron chi connectivity index (χ1n) is 11.3. The van der Waals surface area contributed by atoms with Gasteiger partial charge in [-0.15, -0.1) is 0 Å². The zero-order valence-electron chi connectivity index (χ0n) is 20.4. The fraction of sp³-hybridized carbons (Fsp3) is 0.154. The van der Waals surface area contributed by atoms with E-state index in [0.29, 0.717) is 63.8 Å². The van der Waals surface area contributed by atoms with E-state index in [1.54, 1.807) is 63.6 Å². The average Bonchev–Trinajstić information content (AvgIpc) is 2.89. The molecule has 0 unspecified atom stereocenters. The van der Waals surface area contributed by atoms with Crippen molar-refractivity contribution in [2.45, 2.75) is 20.0 Å². The summed E-state index contributed by atoms with van der Waals surface area (Å²) in [5, 5.41) is 7.54. The number of alkyl halides is 3. The van der Waals surface area contributed by atoms with Crippen LogP contribution in [0.1, 0.15) is 16.7 Å². The molecular formula is C26H22F4N6O2. The molecule has 0 aliphatic carbocycles. The van der Waals surface area contributed by atoms with E-state index in [-0.39, 0.29) is 0 Å². The standard InChI is InChI=1S/C26H22F4N6O2/c1-14-15(2)22(38-23-17(5-4-11-32-23)20-10-12-33-24(31-3)34-20)9-8-19(14)35-25(37)36-21-13-16(26(28,29)30)6-7-18(21)27/h4-13H,1-3H3,(H,31,33,34)(H2,35,36,37). The van der Waals surface area contributed by atoms with Gasteiger partial charge in [0.05, 0.1) is 22.5 Å². The molecule has 2 aromatic heterocycles. The second kappa shape index (κ2) is 10.7. The van der Waals surface area contributed by atoms with Gasteiger partial charge in [0.1, 0.15) is 11.6 Å². The summed E-state index contributed by atoms with van der Waals surface area (Å²) in [7, 11) is 1.71. The lowest BCUT2D eigenvalue weighted by Crippen LogP contribution is -2.21. The number of nitrogens with zero attached hydrogens (tertiary/aromatic N) is 3. The van der Waals surface area contributed by atoms with E-state index >= 15 is 0 Å². The summed E-state index contributed by atoms with van der Waals surface area (Å²) in [6.07, 6.45) is -1.49. The van der Waals surface area contributed by atoms with Gasteiger partial charge in [-0.25, -0.2) is 24.1 Å². The highest BCUT2D eigenvalue weighted by Gasteiger charge is 2.31. The molecule has 4 rings (SSSR count). The first-order chi connectivity index (χ1) is 18.1. The highest BCUT2D eigenvalue weighted by atomic mass is 19.4. The Morgan fingerprint density at radius 2 is 1.68 bits per heavy atom. The number of aromatic nitrogens is 3. The number of benzene rings is 2. The molecule has 0 saturated heterocycles. The normalized spacial score (nSPS) is 11.1. The van der Waals surface area contributed by atoms with Crippen LogP contribution in [0.5, 0.6) is 11.6 Å². The van der Waals surface area contributed by atoms with Gasteiger partial charge in [-0.1, -0.05) is 0 Å². The average molecular weight is 526 g/mol. The second-order valence-corrected chi connectivity index (χ2v) is 8.11. The number of rotatable bonds is 6. The zero-order chi connectivity index (χ0) is 27.4. The van der Waals surface area contributed by atoms with E-state index in [1.165, 1.54) is 0 Å². The summed E-state index contributed by atoms with van der Waals surface area (Å²) in [5.41, 5.74) is 1.20. The quantitative estimate of drug-likeness (QED) is 0.239. The molecule has 0 saturated carbocycles. The van der Waals surface area contributed by atoms with E-state index in [9.17, 15) is 22.4 Å².